The Morgan fingerprint density at radius 2 is 1.56 bits per heavy atom. The molecule has 1 amide bonds. The summed E-state index contributed by atoms with van der Waals surface area (Å²) in [5.74, 6) is -0.821. The van der Waals surface area contributed by atoms with Crippen molar-refractivity contribution in [3.8, 4) is 16.8 Å². The SMILES string of the molecule is O=C(Nn1cnc2c(cnn2-c2ccc(F)cc2)c1=O)c1ccc(-c2ccccc2)cc1. The summed E-state index contributed by atoms with van der Waals surface area (Å²) in [4.78, 5) is 29.7. The lowest BCUT2D eigenvalue weighted by molar-refractivity contribution is 0.101. The predicted molar refractivity (Wildman–Crippen MR) is 119 cm³/mol. The quantitative estimate of drug-likeness (QED) is 0.475. The number of carbonyl (C=O) groups excluding carboxylic acids is 1. The molecule has 0 unspecified atom stereocenters. The first-order chi connectivity index (χ1) is 15.6. The molecule has 0 spiro atoms. The molecule has 0 aliphatic heterocycles. The van der Waals surface area contributed by atoms with Gasteiger partial charge >= 0.3 is 0 Å². The highest BCUT2D eigenvalue weighted by atomic mass is 19.1. The molecule has 0 bridgehead atoms. The summed E-state index contributed by atoms with van der Waals surface area (Å²) in [5, 5.41) is 4.40. The first-order valence-corrected chi connectivity index (χ1v) is 9.78. The number of halogens is 1. The minimum absolute atomic E-state index is 0.219. The Morgan fingerprint density at radius 1 is 0.875 bits per heavy atom. The summed E-state index contributed by atoms with van der Waals surface area (Å²) in [6, 6.07) is 22.6. The number of rotatable bonds is 4. The number of carbonyl (C=O) groups is 1. The molecule has 0 atom stereocenters. The van der Waals surface area contributed by atoms with Crippen molar-refractivity contribution in [3.05, 3.63) is 113 Å². The second-order valence-corrected chi connectivity index (χ2v) is 7.07. The topological polar surface area (TPSA) is 81.8 Å². The predicted octanol–water partition coefficient (Wildman–Crippen LogP) is 3.77. The van der Waals surface area contributed by atoms with E-state index in [1.165, 1.54) is 41.5 Å². The number of fused-ring (bicyclic) bond motifs is 1. The third-order valence-corrected chi connectivity index (χ3v) is 5.04. The van der Waals surface area contributed by atoms with Crippen LogP contribution >= 0.6 is 0 Å². The number of nitrogens with zero attached hydrogens (tertiary/aromatic N) is 4. The van der Waals surface area contributed by atoms with E-state index < -0.39 is 11.5 Å². The van der Waals surface area contributed by atoms with Crippen LogP contribution in [0.1, 0.15) is 10.4 Å². The molecule has 0 aliphatic carbocycles. The van der Waals surface area contributed by atoms with Gasteiger partial charge in [-0.1, -0.05) is 42.5 Å². The van der Waals surface area contributed by atoms with E-state index in [9.17, 15) is 14.0 Å². The molecule has 2 aromatic heterocycles. The normalized spacial score (nSPS) is 10.9. The Kier molecular flexibility index (Phi) is 4.79. The Morgan fingerprint density at radius 3 is 2.28 bits per heavy atom. The third kappa shape index (κ3) is 3.54. The van der Waals surface area contributed by atoms with Crippen LogP contribution in [0.5, 0.6) is 0 Å². The molecule has 156 valence electrons. The van der Waals surface area contributed by atoms with Gasteiger partial charge in [0.1, 0.15) is 17.5 Å². The van der Waals surface area contributed by atoms with Crippen LogP contribution in [0.3, 0.4) is 0 Å². The smallest absolute Gasteiger partial charge is 0.267 e. The Balaban J connectivity index is 1.40. The summed E-state index contributed by atoms with van der Waals surface area (Å²) >= 11 is 0. The van der Waals surface area contributed by atoms with Crippen LogP contribution in [0, 0.1) is 5.82 Å². The average molecular weight is 425 g/mol. The van der Waals surface area contributed by atoms with Gasteiger partial charge in [-0.05, 0) is 47.5 Å². The maximum atomic E-state index is 13.2. The van der Waals surface area contributed by atoms with Gasteiger partial charge < -0.3 is 0 Å². The highest BCUT2D eigenvalue weighted by Crippen LogP contribution is 2.19. The van der Waals surface area contributed by atoms with Gasteiger partial charge in [-0.15, -0.1) is 0 Å². The zero-order valence-electron chi connectivity index (χ0n) is 16.6. The van der Waals surface area contributed by atoms with Crippen LogP contribution in [-0.2, 0) is 0 Å². The van der Waals surface area contributed by atoms with Crippen LogP contribution in [0.2, 0.25) is 0 Å². The fourth-order valence-electron chi connectivity index (χ4n) is 3.38. The average Bonchev–Trinajstić information content (AvgIpc) is 3.27. The molecule has 3 aromatic carbocycles. The minimum Gasteiger partial charge on any atom is -0.267 e. The number of aromatic nitrogens is 4. The van der Waals surface area contributed by atoms with Crippen LogP contribution in [-0.4, -0.2) is 25.3 Å². The molecule has 0 fully saturated rings. The first-order valence-electron chi connectivity index (χ1n) is 9.78. The van der Waals surface area contributed by atoms with Gasteiger partial charge in [-0.3, -0.25) is 15.0 Å². The summed E-state index contributed by atoms with van der Waals surface area (Å²) in [5.41, 5.74) is 5.37. The van der Waals surface area contributed by atoms with Crippen molar-refractivity contribution in [1.29, 1.82) is 0 Å². The number of hydrogen-bond acceptors (Lipinski definition) is 4. The Bertz CT molecular complexity index is 1470. The minimum atomic E-state index is -0.474. The Hall–Kier alpha value is -4.59. The van der Waals surface area contributed by atoms with Gasteiger partial charge in [-0.2, -0.15) is 5.10 Å². The lowest BCUT2D eigenvalue weighted by atomic mass is 10.0. The van der Waals surface area contributed by atoms with Crippen LogP contribution in [0.15, 0.2) is 96.2 Å². The molecule has 2 heterocycles. The monoisotopic (exact) mass is 425 g/mol. The van der Waals surface area contributed by atoms with Crippen molar-refractivity contribution >= 4 is 16.9 Å². The van der Waals surface area contributed by atoms with Gasteiger partial charge in [0, 0.05) is 5.56 Å². The molecule has 7 nitrogen and oxygen atoms in total. The van der Waals surface area contributed by atoms with Crippen LogP contribution in [0.25, 0.3) is 27.8 Å². The van der Waals surface area contributed by atoms with Crippen molar-refractivity contribution in [2.45, 2.75) is 0 Å². The van der Waals surface area contributed by atoms with E-state index in [2.05, 4.69) is 15.5 Å². The number of hydrogen-bond donors (Lipinski definition) is 1. The van der Waals surface area contributed by atoms with E-state index in [0.717, 1.165) is 15.8 Å². The lowest BCUT2D eigenvalue weighted by Gasteiger charge is -2.09. The zero-order valence-corrected chi connectivity index (χ0v) is 16.6. The van der Waals surface area contributed by atoms with Crippen LogP contribution < -0.4 is 11.0 Å². The number of nitrogens with one attached hydrogen (secondary N) is 1. The fourth-order valence-corrected chi connectivity index (χ4v) is 3.38. The molecular weight excluding hydrogens is 409 g/mol. The second-order valence-electron chi connectivity index (χ2n) is 7.07. The third-order valence-electron chi connectivity index (χ3n) is 5.04. The van der Waals surface area contributed by atoms with E-state index in [1.54, 1.807) is 12.1 Å². The molecular formula is C24H16FN5O2. The molecule has 5 aromatic rings. The van der Waals surface area contributed by atoms with E-state index in [0.29, 0.717) is 16.9 Å². The van der Waals surface area contributed by atoms with Gasteiger partial charge in [0.25, 0.3) is 11.5 Å². The maximum Gasteiger partial charge on any atom is 0.283 e. The molecule has 32 heavy (non-hydrogen) atoms. The standard InChI is InChI=1S/C24H16FN5O2/c25-19-10-12-20(13-11-19)30-22-21(14-27-30)24(32)29(15-26-22)28-23(31)18-8-6-17(7-9-18)16-4-2-1-3-5-16/h1-15H,(H,28,31). The highest BCUT2D eigenvalue weighted by molar-refractivity contribution is 6.00. The van der Waals surface area contributed by atoms with Gasteiger partial charge in [0.15, 0.2) is 5.65 Å². The van der Waals surface area contributed by atoms with Crippen molar-refractivity contribution in [2.75, 3.05) is 5.43 Å². The van der Waals surface area contributed by atoms with Crippen LogP contribution in [0.4, 0.5) is 4.39 Å². The summed E-state index contributed by atoms with van der Waals surface area (Å²) in [7, 11) is 0. The molecule has 1 N–H and O–H groups in total. The molecule has 0 aliphatic rings. The summed E-state index contributed by atoms with van der Waals surface area (Å²) in [6.45, 7) is 0. The van der Waals surface area contributed by atoms with E-state index in [-0.39, 0.29) is 11.2 Å². The molecule has 0 saturated carbocycles. The largest absolute Gasteiger partial charge is 0.283 e. The maximum absolute atomic E-state index is 13.2. The van der Waals surface area contributed by atoms with E-state index in [4.69, 9.17) is 0 Å². The second kappa shape index (κ2) is 7.92. The van der Waals surface area contributed by atoms with Crippen molar-refractivity contribution < 1.29 is 9.18 Å². The van der Waals surface area contributed by atoms with Crippen molar-refractivity contribution in [3.63, 3.8) is 0 Å². The van der Waals surface area contributed by atoms with Gasteiger partial charge in [0.2, 0.25) is 0 Å². The van der Waals surface area contributed by atoms with E-state index in [1.807, 2.05) is 42.5 Å². The molecule has 0 saturated heterocycles. The number of amides is 1. The first kappa shape index (κ1) is 19.4. The highest BCUT2D eigenvalue weighted by Gasteiger charge is 2.14. The summed E-state index contributed by atoms with van der Waals surface area (Å²) < 4.78 is 15.6. The van der Waals surface area contributed by atoms with Gasteiger partial charge in [-0.25, -0.2) is 18.7 Å². The molecule has 5 rings (SSSR count). The molecule has 0 radical (unpaired) electrons. The van der Waals surface area contributed by atoms with Gasteiger partial charge in [0.05, 0.1) is 11.9 Å². The van der Waals surface area contributed by atoms with Crippen molar-refractivity contribution in [2.24, 2.45) is 0 Å². The fraction of sp³-hybridized carbons (Fsp3) is 0. The van der Waals surface area contributed by atoms with E-state index >= 15 is 0 Å². The number of benzene rings is 3. The zero-order chi connectivity index (χ0) is 22.1. The Labute approximate surface area is 181 Å². The van der Waals surface area contributed by atoms with Crippen molar-refractivity contribution in [1.82, 2.24) is 19.4 Å². The summed E-state index contributed by atoms with van der Waals surface area (Å²) in [6.07, 6.45) is 2.59. The molecule has 8 heteroatoms. The lowest BCUT2D eigenvalue weighted by Crippen LogP contribution is -2.33.